The Labute approximate surface area is 430 Å². The van der Waals surface area contributed by atoms with Gasteiger partial charge in [0.25, 0.3) is 0 Å². The van der Waals surface area contributed by atoms with Gasteiger partial charge in [0, 0.05) is 19.3 Å². The van der Waals surface area contributed by atoms with E-state index in [4.69, 9.17) is 14.2 Å². The highest BCUT2D eigenvalue weighted by molar-refractivity contribution is 5.71. The van der Waals surface area contributed by atoms with Crippen LogP contribution in [0.15, 0.2) is 134 Å². The molecule has 0 N–H and O–H groups in total. The second kappa shape index (κ2) is 57.1. The first kappa shape index (κ1) is 65.5. The number of rotatable bonds is 49. The van der Waals surface area contributed by atoms with E-state index in [2.05, 4.69) is 154 Å². The van der Waals surface area contributed by atoms with Crippen molar-refractivity contribution in [3.05, 3.63) is 134 Å². The van der Waals surface area contributed by atoms with E-state index in [0.717, 1.165) is 141 Å². The smallest absolute Gasteiger partial charge is 0.306 e. The summed E-state index contributed by atoms with van der Waals surface area (Å²) >= 11 is 0. The summed E-state index contributed by atoms with van der Waals surface area (Å²) in [6.45, 7) is 6.34. The number of unbranched alkanes of at least 4 members (excludes halogenated alkanes) is 16. The molecule has 0 aliphatic carbocycles. The van der Waals surface area contributed by atoms with E-state index in [0.29, 0.717) is 19.3 Å². The van der Waals surface area contributed by atoms with E-state index in [9.17, 15) is 14.4 Å². The monoisotopic (exact) mass is 967 g/mol. The molecule has 0 fully saturated rings. The van der Waals surface area contributed by atoms with Gasteiger partial charge in [0.1, 0.15) is 13.2 Å². The van der Waals surface area contributed by atoms with Gasteiger partial charge in [-0.2, -0.15) is 0 Å². The molecular formula is C64H102O6. The van der Waals surface area contributed by atoms with Crippen molar-refractivity contribution in [1.82, 2.24) is 0 Å². The zero-order chi connectivity index (χ0) is 50.7. The van der Waals surface area contributed by atoms with Crippen LogP contribution in [0.2, 0.25) is 0 Å². The van der Waals surface area contributed by atoms with Crippen LogP contribution in [0, 0.1) is 0 Å². The van der Waals surface area contributed by atoms with Crippen LogP contribution in [-0.4, -0.2) is 37.2 Å². The molecule has 0 aromatic rings. The summed E-state index contributed by atoms with van der Waals surface area (Å²) in [5.74, 6) is -0.968. The van der Waals surface area contributed by atoms with E-state index < -0.39 is 6.10 Å². The molecule has 0 amide bonds. The molecule has 0 aromatic heterocycles. The fourth-order valence-corrected chi connectivity index (χ4v) is 7.24. The van der Waals surface area contributed by atoms with Crippen LogP contribution >= 0.6 is 0 Å². The Balaban J connectivity index is 4.45. The van der Waals surface area contributed by atoms with E-state index in [1.54, 1.807) is 0 Å². The molecule has 394 valence electrons. The van der Waals surface area contributed by atoms with Crippen LogP contribution in [0.3, 0.4) is 0 Å². The summed E-state index contributed by atoms with van der Waals surface area (Å²) in [5.41, 5.74) is 0. The highest BCUT2D eigenvalue weighted by Gasteiger charge is 2.19. The summed E-state index contributed by atoms with van der Waals surface area (Å²) in [6, 6.07) is 0. The Morgan fingerprint density at radius 2 is 0.557 bits per heavy atom. The predicted octanol–water partition coefficient (Wildman–Crippen LogP) is 19.0. The van der Waals surface area contributed by atoms with Crippen LogP contribution in [0.4, 0.5) is 0 Å². The number of allylic oxidation sites excluding steroid dienone is 22. The second-order valence-electron chi connectivity index (χ2n) is 18.1. The molecule has 0 saturated carbocycles. The van der Waals surface area contributed by atoms with E-state index in [-0.39, 0.29) is 37.5 Å². The summed E-state index contributed by atoms with van der Waals surface area (Å²) in [5, 5.41) is 0. The van der Waals surface area contributed by atoms with Gasteiger partial charge in [0.2, 0.25) is 0 Å². The minimum Gasteiger partial charge on any atom is -0.462 e. The number of carbonyl (C=O) groups is 3. The van der Waals surface area contributed by atoms with Crippen LogP contribution in [0.1, 0.15) is 233 Å². The predicted molar refractivity (Wildman–Crippen MR) is 302 cm³/mol. The molecule has 0 aliphatic heterocycles. The quantitative estimate of drug-likeness (QED) is 0.0262. The van der Waals surface area contributed by atoms with Gasteiger partial charge in [0.05, 0.1) is 0 Å². The fourth-order valence-electron chi connectivity index (χ4n) is 7.24. The molecule has 0 radical (unpaired) electrons. The first-order valence-electron chi connectivity index (χ1n) is 28.2. The second-order valence-corrected chi connectivity index (χ2v) is 18.1. The number of carbonyl (C=O) groups excluding carboxylic acids is 3. The first-order chi connectivity index (χ1) is 34.5. The molecule has 1 atom stereocenters. The average molecular weight is 968 g/mol. The lowest BCUT2D eigenvalue weighted by molar-refractivity contribution is -0.167. The topological polar surface area (TPSA) is 78.9 Å². The van der Waals surface area contributed by atoms with Crippen LogP contribution in [-0.2, 0) is 28.6 Å². The number of ether oxygens (including phenoxy) is 3. The van der Waals surface area contributed by atoms with Crippen molar-refractivity contribution >= 4 is 17.9 Å². The van der Waals surface area contributed by atoms with Gasteiger partial charge in [-0.1, -0.05) is 231 Å². The third-order valence-electron chi connectivity index (χ3n) is 11.4. The highest BCUT2D eigenvalue weighted by Crippen LogP contribution is 2.13. The molecule has 0 saturated heterocycles. The van der Waals surface area contributed by atoms with E-state index in [1.165, 1.54) is 44.9 Å². The van der Waals surface area contributed by atoms with Crippen LogP contribution < -0.4 is 0 Å². The molecule has 0 spiro atoms. The lowest BCUT2D eigenvalue weighted by Crippen LogP contribution is -2.30. The maximum absolute atomic E-state index is 12.8. The minimum atomic E-state index is -0.809. The highest BCUT2D eigenvalue weighted by atomic mass is 16.6. The Bertz CT molecular complexity index is 1530. The lowest BCUT2D eigenvalue weighted by atomic mass is 10.1. The molecule has 0 aliphatic rings. The Morgan fingerprint density at radius 1 is 0.300 bits per heavy atom. The van der Waals surface area contributed by atoms with Gasteiger partial charge < -0.3 is 14.2 Å². The lowest BCUT2D eigenvalue weighted by Gasteiger charge is -2.18. The van der Waals surface area contributed by atoms with E-state index in [1.807, 2.05) is 0 Å². The van der Waals surface area contributed by atoms with Crippen molar-refractivity contribution in [2.75, 3.05) is 13.2 Å². The zero-order valence-electron chi connectivity index (χ0n) is 45.0. The molecule has 6 nitrogen and oxygen atoms in total. The van der Waals surface area contributed by atoms with Crippen molar-refractivity contribution in [3.8, 4) is 0 Å². The van der Waals surface area contributed by atoms with Gasteiger partial charge in [0.15, 0.2) is 6.10 Å². The minimum absolute atomic E-state index is 0.103. The van der Waals surface area contributed by atoms with Gasteiger partial charge in [-0.05, 0) is 116 Å². The van der Waals surface area contributed by atoms with Crippen LogP contribution in [0.5, 0.6) is 0 Å². The molecular weight excluding hydrogens is 865 g/mol. The van der Waals surface area contributed by atoms with Gasteiger partial charge in [-0.3, -0.25) is 14.4 Å². The number of hydrogen-bond donors (Lipinski definition) is 0. The van der Waals surface area contributed by atoms with Crippen LogP contribution in [0.25, 0.3) is 0 Å². The maximum Gasteiger partial charge on any atom is 0.306 e. The summed E-state index contributed by atoms with van der Waals surface area (Å²) in [6.07, 6.45) is 80.1. The normalized spacial score (nSPS) is 13.1. The summed E-state index contributed by atoms with van der Waals surface area (Å²) in [4.78, 5) is 38.1. The molecule has 0 aromatic carbocycles. The molecule has 70 heavy (non-hydrogen) atoms. The van der Waals surface area contributed by atoms with Crippen molar-refractivity contribution < 1.29 is 28.6 Å². The zero-order valence-corrected chi connectivity index (χ0v) is 45.0. The summed E-state index contributed by atoms with van der Waals surface area (Å²) < 4.78 is 16.8. The molecule has 0 rings (SSSR count). The molecule has 0 bridgehead atoms. The molecule has 6 heteroatoms. The van der Waals surface area contributed by atoms with Crippen molar-refractivity contribution in [2.45, 2.75) is 239 Å². The molecule has 1 unspecified atom stereocenters. The Hall–Kier alpha value is -4.45. The standard InChI is InChI=1S/C64H102O6/c1-4-7-10-13-16-19-22-24-26-28-30-31-32-33-35-36-38-40-42-45-48-51-54-57-63(66)69-60-61(59-68-62(65)56-53-50-47-44-21-18-15-12-9-6-3)70-64(67)58-55-52-49-46-43-41-39-37-34-29-27-25-23-20-17-14-11-8-5-2/h7-8,10-11,16-17,19-20,24-27,30-31,33-35,37-38,40-41,43,61H,4-6,9,12-15,18,21-23,28-29,32,36,39,42,44-60H2,1-3H3/b10-7-,11-8-,19-16-,20-17-,26-24-,27-25-,31-30-,35-33-,37-34-,40-38-,43-41-. The molecule has 0 heterocycles. The first-order valence-corrected chi connectivity index (χ1v) is 28.2. The van der Waals surface area contributed by atoms with Gasteiger partial charge in [-0.25, -0.2) is 0 Å². The fraction of sp³-hybridized carbons (Fsp3) is 0.609. The van der Waals surface area contributed by atoms with Gasteiger partial charge >= 0.3 is 17.9 Å². The Morgan fingerprint density at radius 3 is 0.886 bits per heavy atom. The SMILES string of the molecule is CC/C=C\C/C=C\C/C=C\C/C=C\C/C=C\C/C=C\CCCCCCC(=O)OCC(COC(=O)CCCCCCCCCCCC)OC(=O)CCCCC/C=C\C/C=C\C/C=C\C/C=C\C/C=C\CC. The largest absolute Gasteiger partial charge is 0.462 e. The average Bonchev–Trinajstić information content (AvgIpc) is 3.36. The van der Waals surface area contributed by atoms with Crippen molar-refractivity contribution in [3.63, 3.8) is 0 Å². The van der Waals surface area contributed by atoms with E-state index >= 15 is 0 Å². The van der Waals surface area contributed by atoms with Crippen molar-refractivity contribution in [1.29, 1.82) is 0 Å². The summed E-state index contributed by atoms with van der Waals surface area (Å²) in [7, 11) is 0. The Kier molecular flexibility index (Phi) is 53.5. The number of hydrogen-bond acceptors (Lipinski definition) is 6. The van der Waals surface area contributed by atoms with Gasteiger partial charge in [-0.15, -0.1) is 0 Å². The third kappa shape index (κ3) is 54.5. The maximum atomic E-state index is 12.8. The van der Waals surface area contributed by atoms with Crippen molar-refractivity contribution in [2.24, 2.45) is 0 Å². The number of esters is 3. The third-order valence-corrected chi connectivity index (χ3v) is 11.4.